The quantitative estimate of drug-likeness (QED) is 0.818. The fourth-order valence-corrected chi connectivity index (χ4v) is 2.10. The lowest BCUT2D eigenvalue weighted by atomic mass is 9.79. The summed E-state index contributed by atoms with van der Waals surface area (Å²) in [7, 11) is -0.519. The van der Waals surface area contributed by atoms with Gasteiger partial charge in [-0.1, -0.05) is 12.1 Å². The summed E-state index contributed by atoms with van der Waals surface area (Å²) in [5.41, 5.74) is -0.125. The van der Waals surface area contributed by atoms with Crippen LogP contribution in [0.3, 0.4) is 0 Å². The summed E-state index contributed by atoms with van der Waals surface area (Å²) >= 11 is 0. The number of carbonyl (C=O) groups excluding carboxylic acids is 1. The van der Waals surface area contributed by atoms with Gasteiger partial charge >= 0.3 is 13.3 Å². The molecule has 0 aliphatic carbocycles. The Bertz CT molecular complexity index is 601. The SMILES string of the molecule is CC1(C)OB(c2ccc(OCC(=O)NCC(F)(F)F)cc2)OC1(C)C. The van der Waals surface area contributed by atoms with E-state index in [0.717, 1.165) is 5.46 Å². The first-order chi connectivity index (χ1) is 11.4. The first-order valence-electron chi connectivity index (χ1n) is 7.81. The van der Waals surface area contributed by atoms with Crippen molar-refractivity contribution in [2.75, 3.05) is 13.2 Å². The molecule has 1 amide bonds. The third-order valence-electron chi connectivity index (χ3n) is 4.26. The van der Waals surface area contributed by atoms with Crippen LogP contribution in [0.5, 0.6) is 5.75 Å². The molecule has 0 unspecified atom stereocenters. The molecule has 1 saturated heterocycles. The molecule has 0 saturated carbocycles. The van der Waals surface area contributed by atoms with Gasteiger partial charge in [-0.05, 0) is 45.3 Å². The van der Waals surface area contributed by atoms with Crippen molar-refractivity contribution in [2.45, 2.75) is 45.1 Å². The number of hydrogen-bond acceptors (Lipinski definition) is 4. The second kappa shape index (κ2) is 6.88. The number of ether oxygens (including phenoxy) is 1. The minimum Gasteiger partial charge on any atom is -0.484 e. The van der Waals surface area contributed by atoms with E-state index in [4.69, 9.17) is 14.0 Å². The summed E-state index contributed by atoms with van der Waals surface area (Å²) in [4.78, 5) is 11.3. The van der Waals surface area contributed by atoms with E-state index in [1.165, 1.54) is 0 Å². The van der Waals surface area contributed by atoms with Gasteiger partial charge in [-0.2, -0.15) is 13.2 Å². The molecule has 138 valence electrons. The Hall–Kier alpha value is -1.74. The summed E-state index contributed by atoms with van der Waals surface area (Å²) in [6, 6.07) is 6.67. The van der Waals surface area contributed by atoms with Crippen molar-refractivity contribution < 1.29 is 32.0 Å². The van der Waals surface area contributed by atoms with Gasteiger partial charge in [0.1, 0.15) is 12.3 Å². The van der Waals surface area contributed by atoms with Gasteiger partial charge in [0.25, 0.3) is 5.91 Å². The molecule has 1 aromatic carbocycles. The molecule has 5 nitrogen and oxygen atoms in total. The lowest BCUT2D eigenvalue weighted by Crippen LogP contribution is -2.41. The Kier molecular flexibility index (Phi) is 5.39. The van der Waals surface area contributed by atoms with Crippen molar-refractivity contribution in [3.8, 4) is 5.75 Å². The van der Waals surface area contributed by atoms with Gasteiger partial charge < -0.3 is 19.4 Å². The highest BCUT2D eigenvalue weighted by Gasteiger charge is 2.51. The van der Waals surface area contributed by atoms with E-state index in [2.05, 4.69) is 0 Å². The van der Waals surface area contributed by atoms with Gasteiger partial charge in [0.2, 0.25) is 0 Å². The second-order valence-corrected chi connectivity index (χ2v) is 6.84. The normalized spacial score (nSPS) is 18.9. The zero-order chi connectivity index (χ0) is 18.9. The number of alkyl halides is 3. The summed E-state index contributed by atoms with van der Waals surface area (Å²) in [5, 5.41) is 1.74. The van der Waals surface area contributed by atoms with E-state index in [0.29, 0.717) is 5.75 Å². The molecule has 0 aromatic heterocycles. The molecule has 0 spiro atoms. The summed E-state index contributed by atoms with van der Waals surface area (Å²) in [6.07, 6.45) is -4.44. The van der Waals surface area contributed by atoms with Crippen LogP contribution in [-0.2, 0) is 14.1 Å². The smallest absolute Gasteiger partial charge is 0.484 e. The molecular formula is C16H21BF3NO4. The van der Waals surface area contributed by atoms with E-state index in [1.807, 2.05) is 27.7 Å². The average Bonchev–Trinajstić information content (AvgIpc) is 2.71. The van der Waals surface area contributed by atoms with Gasteiger partial charge in [-0.25, -0.2) is 0 Å². The van der Waals surface area contributed by atoms with Crippen LogP contribution in [0.1, 0.15) is 27.7 Å². The predicted octanol–water partition coefficient (Wildman–Crippen LogP) is 2.04. The fraction of sp³-hybridized carbons (Fsp3) is 0.562. The van der Waals surface area contributed by atoms with Crippen LogP contribution >= 0.6 is 0 Å². The van der Waals surface area contributed by atoms with Gasteiger partial charge in [0.15, 0.2) is 6.61 Å². The summed E-state index contributed by atoms with van der Waals surface area (Å²) in [6.45, 7) is 5.92. The fourth-order valence-electron chi connectivity index (χ4n) is 2.10. The monoisotopic (exact) mass is 359 g/mol. The molecule has 1 aliphatic heterocycles. The van der Waals surface area contributed by atoms with Crippen LogP contribution in [-0.4, -0.2) is 43.6 Å². The topological polar surface area (TPSA) is 56.8 Å². The Morgan fingerprint density at radius 2 is 1.64 bits per heavy atom. The van der Waals surface area contributed by atoms with Crippen LogP contribution in [0.2, 0.25) is 0 Å². The van der Waals surface area contributed by atoms with Crippen molar-refractivity contribution in [3.05, 3.63) is 24.3 Å². The first kappa shape index (κ1) is 19.6. The van der Waals surface area contributed by atoms with E-state index < -0.39 is 43.6 Å². The van der Waals surface area contributed by atoms with E-state index in [1.54, 1.807) is 29.6 Å². The third-order valence-corrected chi connectivity index (χ3v) is 4.26. The van der Waals surface area contributed by atoms with Gasteiger partial charge in [-0.3, -0.25) is 4.79 Å². The number of carbonyl (C=O) groups is 1. The second-order valence-electron chi connectivity index (χ2n) is 6.84. The molecule has 0 radical (unpaired) electrons. The average molecular weight is 359 g/mol. The van der Waals surface area contributed by atoms with Crippen molar-refractivity contribution in [1.82, 2.24) is 5.32 Å². The lowest BCUT2D eigenvalue weighted by molar-refractivity contribution is -0.139. The Morgan fingerprint density at radius 1 is 1.12 bits per heavy atom. The summed E-state index contributed by atoms with van der Waals surface area (Å²) < 4.78 is 53.0. The van der Waals surface area contributed by atoms with Crippen molar-refractivity contribution >= 4 is 18.5 Å². The molecular weight excluding hydrogens is 338 g/mol. The van der Waals surface area contributed by atoms with Gasteiger partial charge in [0, 0.05) is 0 Å². The number of rotatable bonds is 5. The molecule has 25 heavy (non-hydrogen) atoms. The molecule has 1 heterocycles. The maximum Gasteiger partial charge on any atom is 0.494 e. The molecule has 1 aliphatic rings. The highest BCUT2D eigenvalue weighted by Crippen LogP contribution is 2.36. The Balaban J connectivity index is 1.88. The zero-order valence-electron chi connectivity index (χ0n) is 14.6. The molecule has 1 fully saturated rings. The van der Waals surface area contributed by atoms with E-state index >= 15 is 0 Å². The predicted molar refractivity (Wildman–Crippen MR) is 86.7 cm³/mol. The van der Waals surface area contributed by atoms with Crippen molar-refractivity contribution in [1.29, 1.82) is 0 Å². The van der Waals surface area contributed by atoms with Crippen molar-refractivity contribution in [2.24, 2.45) is 0 Å². The zero-order valence-corrected chi connectivity index (χ0v) is 14.6. The Morgan fingerprint density at radius 3 is 2.12 bits per heavy atom. The summed E-state index contributed by atoms with van der Waals surface area (Å²) in [5.74, 6) is -0.477. The van der Waals surface area contributed by atoms with Gasteiger partial charge in [0.05, 0.1) is 11.2 Å². The molecule has 9 heteroatoms. The lowest BCUT2D eigenvalue weighted by Gasteiger charge is -2.32. The molecule has 1 N–H and O–H groups in total. The molecule has 0 atom stereocenters. The Labute approximate surface area is 145 Å². The maximum atomic E-state index is 12.0. The minimum absolute atomic E-state index is 0.363. The number of amides is 1. The number of nitrogens with one attached hydrogen (secondary N) is 1. The van der Waals surface area contributed by atoms with Crippen LogP contribution in [0.25, 0.3) is 0 Å². The molecule has 2 rings (SSSR count). The third kappa shape index (κ3) is 5.12. The number of halogens is 3. The van der Waals surface area contributed by atoms with Gasteiger partial charge in [-0.15, -0.1) is 0 Å². The highest BCUT2D eigenvalue weighted by atomic mass is 19.4. The first-order valence-corrected chi connectivity index (χ1v) is 7.81. The minimum atomic E-state index is -4.44. The largest absolute Gasteiger partial charge is 0.494 e. The number of benzene rings is 1. The van der Waals surface area contributed by atoms with Crippen LogP contribution in [0.15, 0.2) is 24.3 Å². The van der Waals surface area contributed by atoms with E-state index in [-0.39, 0.29) is 0 Å². The van der Waals surface area contributed by atoms with E-state index in [9.17, 15) is 18.0 Å². The van der Waals surface area contributed by atoms with Crippen molar-refractivity contribution in [3.63, 3.8) is 0 Å². The van der Waals surface area contributed by atoms with Crippen LogP contribution < -0.4 is 15.5 Å². The van der Waals surface area contributed by atoms with Crippen LogP contribution in [0, 0.1) is 0 Å². The standard InChI is InChI=1S/C16H21BF3NO4/c1-14(2)15(3,4)25-17(24-14)11-5-7-12(8-6-11)23-9-13(22)21-10-16(18,19)20/h5-8H,9-10H2,1-4H3,(H,21,22). The van der Waals surface area contributed by atoms with Crippen LogP contribution in [0.4, 0.5) is 13.2 Å². The number of hydrogen-bond donors (Lipinski definition) is 1. The highest BCUT2D eigenvalue weighted by molar-refractivity contribution is 6.62. The molecule has 0 bridgehead atoms. The maximum absolute atomic E-state index is 12.0. The molecule has 1 aromatic rings.